The van der Waals surface area contributed by atoms with Gasteiger partial charge in [-0.15, -0.1) is 23.2 Å². The first-order valence-corrected chi connectivity index (χ1v) is 4.13. The predicted molar refractivity (Wildman–Crippen MR) is 41.8 cm³/mol. The van der Waals surface area contributed by atoms with Crippen LogP contribution in [-0.2, 0) is 0 Å². The van der Waals surface area contributed by atoms with Crippen LogP contribution in [0.3, 0.4) is 0 Å². The maximum absolute atomic E-state index is 5.61. The summed E-state index contributed by atoms with van der Waals surface area (Å²) in [5, 5.41) is 0. The van der Waals surface area contributed by atoms with E-state index in [-0.39, 0.29) is 4.29 Å². The van der Waals surface area contributed by atoms with Gasteiger partial charge in [-0.2, -0.15) is 0 Å². The third-order valence-corrected chi connectivity index (χ3v) is 3.66. The van der Waals surface area contributed by atoms with Gasteiger partial charge >= 0.3 is 0 Å². The van der Waals surface area contributed by atoms with Crippen molar-refractivity contribution in [1.29, 1.82) is 0 Å². The van der Waals surface area contributed by atoms with Crippen molar-refractivity contribution in [2.24, 2.45) is 0 Å². The summed E-state index contributed by atoms with van der Waals surface area (Å²) in [6, 6.07) is 0. The Bertz CT molecular complexity index is 56.4. The molecule has 0 aromatic heterocycles. The van der Waals surface area contributed by atoms with Crippen molar-refractivity contribution >= 4 is 55.1 Å². The molecule has 0 saturated heterocycles. The van der Waals surface area contributed by atoms with Gasteiger partial charge in [0.1, 0.15) is 8.07 Å². The molecule has 0 N–H and O–H groups in total. The first-order valence-electron chi connectivity index (χ1n) is 1.60. The summed E-state index contributed by atoms with van der Waals surface area (Å²) < 4.78 is -0.768. The van der Waals surface area contributed by atoms with Crippen LogP contribution in [0.4, 0.5) is 0 Å². The number of hydrogen-bond donors (Lipinski definition) is 0. The predicted octanol–water partition coefficient (Wildman–Crippen LogP) is 3.30. The van der Waals surface area contributed by atoms with Crippen molar-refractivity contribution in [1.82, 2.24) is 0 Å². The molecule has 0 saturated carbocycles. The molecule has 0 aliphatic rings. The second-order valence-electron chi connectivity index (χ2n) is 1.26. The van der Waals surface area contributed by atoms with Crippen LogP contribution in [0, 0.1) is 0 Å². The van der Waals surface area contributed by atoms with E-state index in [2.05, 4.69) is 31.9 Å². The molecule has 0 aliphatic heterocycles. The molecule has 4 heteroatoms. The molecule has 0 aromatic rings. The number of alkyl halides is 4. The fraction of sp³-hybridized carbons (Fsp3) is 1.00. The molecule has 0 fully saturated rings. The molecule has 0 amide bonds. The van der Waals surface area contributed by atoms with E-state index < -0.39 is 3.78 Å². The van der Waals surface area contributed by atoms with Gasteiger partial charge in [0.05, 0.1) is 0 Å². The molecular formula is C3H4Br2Cl2. The number of hydrogen-bond acceptors (Lipinski definition) is 0. The third kappa shape index (κ3) is 4.07. The monoisotopic (exact) mass is 268 g/mol. The molecule has 0 aliphatic carbocycles. The molecule has 0 radical (unpaired) electrons. The molecule has 0 spiro atoms. The minimum absolute atomic E-state index is 0.235. The summed E-state index contributed by atoms with van der Waals surface area (Å²) in [6.45, 7) is 1.76. The van der Waals surface area contributed by atoms with Crippen LogP contribution in [0.15, 0.2) is 0 Å². The minimum Gasteiger partial charge on any atom is -0.108 e. The molecule has 0 rings (SSSR count). The van der Waals surface area contributed by atoms with E-state index in [0.717, 1.165) is 0 Å². The lowest BCUT2D eigenvalue weighted by atomic mass is 10.6. The van der Waals surface area contributed by atoms with Gasteiger partial charge in [-0.1, -0.05) is 31.9 Å². The summed E-state index contributed by atoms with van der Waals surface area (Å²) in [5.41, 5.74) is 0. The van der Waals surface area contributed by atoms with Crippen LogP contribution in [0.25, 0.3) is 0 Å². The zero-order chi connectivity index (χ0) is 6.08. The Labute approximate surface area is 69.8 Å². The molecule has 44 valence electrons. The van der Waals surface area contributed by atoms with Crippen LogP contribution in [0.2, 0.25) is 0 Å². The zero-order valence-electron chi connectivity index (χ0n) is 3.59. The van der Waals surface area contributed by atoms with E-state index in [4.69, 9.17) is 23.2 Å². The lowest BCUT2D eigenvalue weighted by Gasteiger charge is -2.13. The Morgan fingerprint density at radius 1 is 1.71 bits per heavy atom. The highest BCUT2D eigenvalue weighted by atomic mass is 79.9. The largest absolute Gasteiger partial charge is 0.122 e. The van der Waals surface area contributed by atoms with Gasteiger partial charge in [0.15, 0.2) is 0 Å². The molecule has 2 atom stereocenters. The minimum atomic E-state index is -0.533. The summed E-state index contributed by atoms with van der Waals surface area (Å²) in [7, 11) is 0. The van der Waals surface area contributed by atoms with Gasteiger partial charge in [0.2, 0.25) is 0 Å². The van der Waals surface area contributed by atoms with Crippen molar-refractivity contribution < 1.29 is 0 Å². The van der Waals surface area contributed by atoms with Crippen LogP contribution < -0.4 is 0 Å². The summed E-state index contributed by atoms with van der Waals surface area (Å²) >= 11 is 17.3. The van der Waals surface area contributed by atoms with Gasteiger partial charge in [-0.3, -0.25) is 0 Å². The highest BCUT2D eigenvalue weighted by Crippen LogP contribution is 2.33. The Hall–Kier alpha value is 1.54. The quantitative estimate of drug-likeness (QED) is 0.642. The average molecular weight is 271 g/mol. The van der Waals surface area contributed by atoms with Crippen molar-refractivity contribution in [3.63, 3.8) is 0 Å². The first kappa shape index (κ1) is 8.54. The molecule has 0 heterocycles. The fourth-order valence-electron chi connectivity index (χ4n) is 0. The maximum Gasteiger partial charge on any atom is 0.122 e. The van der Waals surface area contributed by atoms with Gasteiger partial charge in [-0.05, 0) is 6.92 Å². The van der Waals surface area contributed by atoms with Crippen LogP contribution in [-0.4, -0.2) is 8.07 Å². The fourth-order valence-corrected chi connectivity index (χ4v) is 0. The molecular weight excluding hydrogens is 267 g/mol. The topological polar surface area (TPSA) is 0 Å². The SMILES string of the molecule is CC(Cl)(Br)C(Cl)Br. The molecule has 0 nitrogen and oxygen atoms in total. The Morgan fingerprint density at radius 3 is 1.86 bits per heavy atom. The van der Waals surface area contributed by atoms with E-state index in [0.29, 0.717) is 0 Å². The van der Waals surface area contributed by atoms with Gasteiger partial charge in [0, 0.05) is 0 Å². The molecule has 2 unspecified atom stereocenters. The highest BCUT2D eigenvalue weighted by molar-refractivity contribution is 9.13. The molecule has 0 bridgehead atoms. The van der Waals surface area contributed by atoms with E-state index in [1.165, 1.54) is 0 Å². The van der Waals surface area contributed by atoms with E-state index in [9.17, 15) is 0 Å². The van der Waals surface area contributed by atoms with Crippen molar-refractivity contribution in [2.75, 3.05) is 0 Å². The van der Waals surface area contributed by atoms with E-state index in [1.54, 1.807) is 6.92 Å². The number of rotatable bonds is 1. The lowest BCUT2D eigenvalue weighted by molar-refractivity contribution is 1.01. The van der Waals surface area contributed by atoms with Crippen LogP contribution in [0.5, 0.6) is 0 Å². The van der Waals surface area contributed by atoms with Crippen molar-refractivity contribution in [3.8, 4) is 0 Å². The summed E-state index contributed by atoms with van der Waals surface area (Å²) in [4.78, 5) is 0. The van der Waals surface area contributed by atoms with Gasteiger partial charge in [0.25, 0.3) is 0 Å². The number of halogens is 4. The van der Waals surface area contributed by atoms with Crippen molar-refractivity contribution in [3.05, 3.63) is 0 Å². The first-order chi connectivity index (χ1) is 2.94. The van der Waals surface area contributed by atoms with Crippen molar-refractivity contribution in [2.45, 2.75) is 15.0 Å². The second-order valence-corrected chi connectivity index (χ2v) is 6.03. The Kier molecular flexibility index (Phi) is 3.54. The summed E-state index contributed by atoms with van der Waals surface area (Å²) in [6.07, 6.45) is 0. The van der Waals surface area contributed by atoms with Crippen LogP contribution >= 0.6 is 55.1 Å². The maximum atomic E-state index is 5.61. The molecule has 0 aromatic carbocycles. The van der Waals surface area contributed by atoms with E-state index >= 15 is 0 Å². The average Bonchev–Trinajstić information content (AvgIpc) is 1.31. The van der Waals surface area contributed by atoms with Gasteiger partial charge in [-0.25, -0.2) is 0 Å². The summed E-state index contributed by atoms with van der Waals surface area (Å²) in [5.74, 6) is 0. The standard InChI is InChI=1S/C3H4Br2Cl2/c1-3(5,7)2(4)6/h2H,1H3. The normalized spacial score (nSPS) is 23.6. The zero-order valence-corrected chi connectivity index (χ0v) is 8.27. The van der Waals surface area contributed by atoms with Gasteiger partial charge < -0.3 is 0 Å². The van der Waals surface area contributed by atoms with Crippen LogP contribution in [0.1, 0.15) is 6.92 Å². The van der Waals surface area contributed by atoms with E-state index in [1.807, 2.05) is 0 Å². The Balaban J connectivity index is 3.54. The Morgan fingerprint density at radius 2 is 1.86 bits per heavy atom. The highest BCUT2D eigenvalue weighted by Gasteiger charge is 2.23. The lowest BCUT2D eigenvalue weighted by Crippen LogP contribution is -2.14. The third-order valence-electron chi connectivity index (χ3n) is 0.383. The molecule has 7 heavy (non-hydrogen) atoms. The smallest absolute Gasteiger partial charge is 0.108 e. The second kappa shape index (κ2) is 2.90.